The lowest BCUT2D eigenvalue weighted by Crippen LogP contribution is -2.43. The third kappa shape index (κ3) is 2.51. The SMILES string of the molecule is Cc1cc(N2CCNCC2)cc2c1OCCC(=O)N2. The third-order valence-corrected chi connectivity index (χ3v) is 3.59. The van der Waals surface area contributed by atoms with Crippen LogP contribution in [-0.2, 0) is 4.79 Å². The van der Waals surface area contributed by atoms with Crippen LogP contribution in [0.3, 0.4) is 0 Å². The van der Waals surface area contributed by atoms with Gasteiger partial charge in [-0.05, 0) is 24.6 Å². The van der Waals surface area contributed by atoms with Crippen LogP contribution < -0.4 is 20.3 Å². The van der Waals surface area contributed by atoms with Crippen molar-refractivity contribution in [2.45, 2.75) is 13.3 Å². The molecule has 0 aliphatic carbocycles. The quantitative estimate of drug-likeness (QED) is 0.795. The molecule has 2 aliphatic rings. The second kappa shape index (κ2) is 5.09. The van der Waals surface area contributed by atoms with E-state index in [-0.39, 0.29) is 5.91 Å². The maximum atomic E-state index is 11.6. The normalized spacial score (nSPS) is 19.2. The van der Waals surface area contributed by atoms with Crippen molar-refractivity contribution in [1.29, 1.82) is 0 Å². The molecule has 0 spiro atoms. The largest absolute Gasteiger partial charge is 0.491 e. The predicted octanol–water partition coefficient (Wildman–Crippen LogP) is 1.13. The molecule has 19 heavy (non-hydrogen) atoms. The van der Waals surface area contributed by atoms with E-state index < -0.39 is 0 Å². The molecular formula is C14H19N3O2. The van der Waals surface area contributed by atoms with Crippen molar-refractivity contribution in [3.8, 4) is 5.75 Å². The molecule has 102 valence electrons. The maximum Gasteiger partial charge on any atom is 0.227 e. The number of anilines is 2. The zero-order valence-electron chi connectivity index (χ0n) is 11.2. The number of hydrogen-bond donors (Lipinski definition) is 2. The minimum Gasteiger partial charge on any atom is -0.491 e. The van der Waals surface area contributed by atoms with E-state index in [1.165, 1.54) is 0 Å². The molecule has 1 amide bonds. The summed E-state index contributed by atoms with van der Waals surface area (Å²) < 4.78 is 5.68. The first-order valence-electron chi connectivity index (χ1n) is 6.77. The number of amides is 1. The Labute approximate surface area is 112 Å². The molecule has 0 aromatic heterocycles. The molecule has 5 nitrogen and oxygen atoms in total. The number of nitrogens with zero attached hydrogens (tertiary/aromatic N) is 1. The maximum absolute atomic E-state index is 11.6. The Balaban J connectivity index is 1.94. The molecule has 2 heterocycles. The van der Waals surface area contributed by atoms with Crippen molar-refractivity contribution in [2.75, 3.05) is 43.0 Å². The van der Waals surface area contributed by atoms with E-state index in [1.54, 1.807) is 0 Å². The first-order valence-corrected chi connectivity index (χ1v) is 6.77. The summed E-state index contributed by atoms with van der Waals surface area (Å²) in [5.41, 5.74) is 3.04. The lowest BCUT2D eigenvalue weighted by Gasteiger charge is -2.30. The first kappa shape index (κ1) is 12.3. The summed E-state index contributed by atoms with van der Waals surface area (Å²) in [6, 6.07) is 4.17. The average Bonchev–Trinajstić information content (AvgIpc) is 2.61. The number of fused-ring (bicyclic) bond motifs is 1. The Morgan fingerprint density at radius 3 is 2.84 bits per heavy atom. The van der Waals surface area contributed by atoms with Crippen LogP contribution in [0.15, 0.2) is 12.1 Å². The van der Waals surface area contributed by atoms with Crippen molar-refractivity contribution in [3.05, 3.63) is 17.7 Å². The molecule has 2 N–H and O–H groups in total. The number of rotatable bonds is 1. The van der Waals surface area contributed by atoms with Gasteiger partial charge in [0, 0.05) is 31.9 Å². The summed E-state index contributed by atoms with van der Waals surface area (Å²) in [4.78, 5) is 14.0. The van der Waals surface area contributed by atoms with Crippen LogP contribution in [0.25, 0.3) is 0 Å². The molecule has 1 aromatic carbocycles. The Bertz CT molecular complexity index is 496. The molecule has 5 heteroatoms. The number of carbonyl (C=O) groups excluding carboxylic acids is 1. The minimum atomic E-state index is 0.0237. The fourth-order valence-corrected chi connectivity index (χ4v) is 2.60. The van der Waals surface area contributed by atoms with Crippen molar-refractivity contribution >= 4 is 17.3 Å². The highest BCUT2D eigenvalue weighted by atomic mass is 16.5. The summed E-state index contributed by atoms with van der Waals surface area (Å²) in [7, 11) is 0. The molecule has 1 saturated heterocycles. The van der Waals surface area contributed by atoms with E-state index in [9.17, 15) is 4.79 Å². The lowest BCUT2D eigenvalue weighted by atomic mass is 10.1. The van der Waals surface area contributed by atoms with E-state index >= 15 is 0 Å². The Hall–Kier alpha value is -1.75. The lowest BCUT2D eigenvalue weighted by molar-refractivity contribution is -0.116. The smallest absolute Gasteiger partial charge is 0.227 e. The number of piperazine rings is 1. The molecule has 0 atom stereocenters. The third-order valence-electron chi connectivity index (χ3n) is 3.59. The summed E-state index contributed by atoms with van der Waals surface area (Å²) in [6.07, 6.45) is 0.414. The van der Waals surface area contributed by atoms with Gasteiger partial charge < -0.3 is 20.3 Å². The molecule has 0 bridgehead atoms. The van der Waals surface area contributed by atoms with Gasteiger partial charge in [-0.25, -0.2) is 0 Å². The number of aryl methyl sites for hydroxylation is 1. The zero-order chi connectivity index (χ0) is 13.2. The van der Waals surface area contributed by atoms with Gasteiger partial charge in [0.1, 0.15) is 5.75 Å². The summed E-state index contributed by atoms with van der Waals surface area (Å²) in [5.74, 6) is 0.834. The van der Waals surface area contributed by atoms with Crippen LogP contribution in [0.5, 0.6) is 5.75 Å². The number of carbonyl (C=O) groups is 1. The monoisotopic (exact) mass is 261 g/mol. The number of hydrogen-bond acceptors (Lipinski definition) is 4. The Kier molecular flexibility index (Phi) is 3.29. The fourth-order valence-electron chi connectivity index (χ4n) is 2.60. The van der Waals surface area contributed by atoms with Gasteiger partial charge in [-0.15, -0.1) is 0 Å². The molecule has 1 fully saturated rings. The summed E-state index contributed by atoms with van der Waals surface area (Å²) >= 11 is 0. The van der Waals surface area contributed by atoms with Crippen LogP contribution in [0.1, 0.15) is 12.0 Å². The van der Waals surface area contributed by atoms with E-state index in [4.69, 9.17) is 4.74 Å². The van der Waals surface area contributed by atoms with Crippen LogP contribution in [0.2, 0.25) is 0 Å². The number of benzene rings is 1. The molecule has 2 aliphatic heterocycles. The highest BCUT2D eigenvalue weighted by Gasteiger charge is 2.19. The van der Waals surface area contributed by atoms with Crippen molar-refractivity contribution in [2.24, 2.45) is 0 Å². The summed E-state index contributed by atoms with van der Waals surface area (Å²) in [5, 5.41) is 6.28. The first-order chi connectivity index (χ1) is 9.24. The standard InChI is InChI=1S/C14H19N3O2/c1-10-8-11(17-5-3-15-4-6-17)9-12-14(10)19-7-2-13(18)16-12/h8-9,15H,2-7H2,1H3,(H,16,18). The number of nitrogens with one attached hydrogen (secondary N) is 2. The van der Waals surface area contributed by atoms with Gasteiger partial charge in [0.05, 0.1) is 18.7 Å². The highest BCUT2D eigenvalue weighted by Crippen LogP contribution is 2.35. The molecule has 3 rings (SSSR count). The van der Waals surface area contributed by atoms with Gasteiger partial charge in [0.25, 0.3) is 0 Å². The Morgan fingerprint density at radius 2 is 2.05 bits per heavy atom. The van der Waals surface area contributed by atoms with Gasteiger partial charge in [-0.1, -0.05) is 0 Å². The van der Waals surface area contributed by atoms with Crippen LogP contribution in [-0.4, -0.2) is 38.7 Å². The fraction of sp³-hybridized carbons (Fsp3) is 0.500. The van der Waals surface area contributed by atoms with E-state index in [0.29, 0.717) is 13.0 Å². The molecular weight excluding hydrogens is 242 g/mol. The molecule has 0 radical (unpaired) electrons. The van der Waals surface area contributed by atoms with Gasteiger partial charge in [0.15, 0.2) is 0 Å². The van der Waals surface area contributed by atoms with Crippen LogP contribution in [0, 0.1) is 6.92 Å². The van der Waals surface area contributed by atoms with Crippen molar-refractivity contribution < 1.29 is 9.53 Å². The summed E-state index contributed by atoms with van der Waals surface area (Å²) in [6.45, 7) is 6.46. The molecule has 0 saturated carbocycles. The van der Waals surface area contributed by atoms with Crippen molar-refractivity contribution in [1.82, 2.24) is 5.32 Å². The van der Waals surface area contributed by atoms with E-state index in [1.807, 2.05) is 13.0 Å². The molecule has 1 aromatic rings. The average molecular weight is 261 g/mol. The van der Waals surface area contributed by atoms with Crippen molar-refractivity contribution in [3.63, 3.8) is 0 Å². The van der Waals surface area contributed by atoms with Crippen LogP contribution in [0.4, 0.5) is 11.4 Å². The highest BCUT2D eigenvalue weighted by molar-refractivity contribution is 5.94. The molecule has 0 unspecified atom stereocenters. The van der Waals surface area contributed by atoms with Gasteiger partial charge in [-0.2, -0.15) is 0 Å². The van der Waals surface area contributed by atoms with Gasteiger partial charge >= 0.3 is 0 Å². The van der Waals surface area contributed by atoms with Gasteiger partial charge in [-0.3, -0.25) is 4.79 Å². The zero-order valence-corrected chi connectivity index (χ0v) is 11.2. The topological polar surface area (TPSA) is 53.6 Å². The van der Waals surface area contributed by atoms with Gasteiger partial charge in [0.2, 0.25) is 5.91 Å². The Morgan fingerprint density at radius 1 is 1.26 bits per heavy atom. The predicted molar refractivity (Wildman–Crippen MR) is 75.0 cm³/mol. The minimum absolute atomic E-state index is 0.0237. The number of ether oxygens (including phenoxy) is 1. The van der Waals surface area contributed by atoms with Crippen LogP contribution >= 0.6 is 0 Å². The van der Waals surface area contributed by atoms with E-state index in [0.717, 1.165) is 48.9 Å². The van der Waals surface area contributed by atoms with E-state index in [2.05, 4.69) is 21.6 Å². The second-order valence-corrected chi connectivity index (χ2v) is 5.02. The second-order valence-electron chi connectivity index (χ2n) is 5.02.